The molecule has 0 spiro atoms. The zero-order valence-corrected chi connectivity index (χ0v) is 19.0. The molecule has 1 aromatic carbocycles. The molecule has 0 saturated carbocycles. The number of hydrogen-bond acceptors (Lipinski definition) is 7. The Kier molecular flexibility index (Phi) is 5.65. The van der Waals surface area contributed by atoms with E-state index in [1.165, 1.54) is 0 Å². The Balaban J connectivity index is 1.49. The smallest absolute Gasteiger partial charge is 0.269 e. The number of nitrogens with zero attached hydrogens (tertiary/aromatic N) is 5. The number of non-ortho nitro benzene ring substituents is 1. The minimum Gasteiger partial charge on any atom is -0.372 e. The van der Waals surface area contributed by atoms with E-state index >= 15 is 0 Å². The Hall–Kier alpha value is -3.20. The third-order valence-corrected chi connectivity index (χ3v) is 6.93. The number of morpholine rings is 1. The summed E-state index contributed by atoms with van der Waals surface area (Å²) < 4.78 is 5.84. The average molecular weight is 452 g/mol. The van der Waals surface area contributed by atoms with Crippen LogP contribution in [0.3, 0.4) is 0 Å². The molecule has 3 aliphatic rings. The number of piperazine rings is 1. The predicted octanol–water partition coefficient (Wildman–Crippen LogP) is 2.49. The van der Waals surface area contributed by atoms with Crippen LogP contribution in [0.25, 0.3) is 0 Å². The van der Waals surface area contributed by atoms with Gasteiger partial charge in [0, 0.05) is 56.7 Å². The zero-order chi connectivity index (χ0) is 23.1. The van der Waals surface area contributed by atoms with Crippen molar-refractivity contribution in [1.29, 1.82) is 0 Å². The fourth-order valence-electron chi connectivity index (χ4n) is 5.55. The summed E-state index contributed by atoms with van der Waals surface area (Å²) in [5.41, 5.74) is 1.94. The lowest BCUT2D eigenvalue weighted by atomic mass is 9.82. The summed E-state index contributed by atoms with van der Waals surface area (Å²) in [4.78, 5) is 35.8. The molecule has 4 heterocycles. The number of ether oxygens (including phenoxy) is 1. The van der Waals surface area contributed by atoms with E-state index in [-0.39, 0.29) is 40.7 Å². The van der Waals surface area contributed by atoms with Crippen molar-refractivity contribution in [1.82, 2.24) is 9.88 Å². The van der Waals surface area contributed by atoms with Gasteiger partial charge in [-0.1, -0.05) is 6.07 Å². The van der Waals surface area contributed by atoms with E-state index in [0.717, 1.165) is 30.2 Å². The van der Waals surface area contributed by atoms with E-state index in [2.05, 4.69) is 14.8 Å². The molecule has 3 aliphatic heterocycles. The normalized spacial score (nSPS) is 27.0. The van der Waals surface area contributed by atoms with Gasteiger partial charge in [0.05, 0.1) is 29.1 Å². The van der Waals surface area contributed by atoms with Crippen LogP contribution < -0.4 is 9.80 Å². The first-order chi connectivity index (χ1) is 15.9. The second kappa shape index (κ2) is 8.62. The first-order valence-electron chi connectivity index (χ1n) is 11.5. The van der Waals surface area contributed by atoms with Gasteiger partial charge in [-0.2, -0.15) is 0 Å². The summed E-state index contributed by atoms with van der Waals surface area (Å²) in [6, 6.07) is 10.9. The second-order valence-corrected chi connectivity index (χ2v) is 9.28. The maximum absolute atomic E-state index is 13.8. The van der Waals surface area contributed by atoms with E-state index in [1.54, 1.807) is 18.3 Å². The predicted molar refractivity (Wildman–Crippen MR) is 124 cm³/mol. The van der Waals surface area contributed by atoms with Gasteiger partial charge >= 0.3 is 0 Å². The Bertz CT molecular complexity index is 1040. The monoisotopic (exact) mass is 451 g/mol. The first kappa shape index (κ1) is 21.6. The molecule has 9 heteroatoms. The van der Waals surface area contributed by atoms with Crippen molar-refractivity contribution in [2.24, 2.45) is 5.92 Å². The van der Waals surface area contributed by atoms with Crippen molar-refractivity contribution in [3.63, 3.8) is 0 Å². The summed E-state index contributed by atoms with van der Waals surface area (Å²) in [6.07, 6.45) is 2.26. The molecule has 2 saturated heterocycles. The lowest BCUT2D eigenvalue weighted by Gasteiger charge is -2.50. The number of pyridine rings is 1. The third-order valence-electron chi connectivity index (χ3n) is 6.93. The molecule has 33 heavy (non-hydrogen) atoms. The molecular formula is C24H29N5O4. The summed E-state index contributed by atoms with van der Waals surface area (Å²) in [7, 11) is 0. The molecule has 9 nitrogen and oxygen atoms in total. The van der Waals surface area contributed by atoms with Crippen LogP contribution in [0.15, 0.2) is 42.6 Å². The Labute approximate surface area is 193 Å². The van der Waals surface area contributed by atoms with Crippen molar-refractivity contribution in [2.45, 2.75) is 38.5 Å². The van der Waals surface area contributed by atoms with Crippen LogP contribution >= 0.6 is 0 Å². The SMILES string of the molecule is CC1CN(C(=O)C2Cc3cc([N+](=O)[O-])ccc3N3CCN(c4ccccn4)CC23)CC(C)O1. The molecule has 4 unspecified atom stereocenters. The van der Waals surface area contributed by atoms with Gasteiger partial charge in [0.1, 0.15) is 5.82 Å². The van der Waals surface area contributed by atoms with Crippen molar-refractivity contribution < 1.29 is 14.5 Å². The van der Waals surface area contributed by atoms with Crippen molar-refractivity contribution >= 4 is 23.1 Å². The summed E-state index contributed by atoms with van der Waals surface area (Å²) >= 11 is 0. The van der Waals surface area contributed by atoms with Gasteiger partial charge in [-0.15, -0.1) is 0 Å². The number of fused-ring (bicyclic) bond motifs is 3. The molecule has 4 atom stereocenters. The standard InChI is InChI=1S/C24H29N5O4/c1-16-13-27(14-17(2)33-16)24(30)20-12-18-11-19(29(31)32)6-7-21(18)28-10-9-26(15-22(20)28)23-5-3-4-8-25-23/h3-8,11,16-17,20,22H,9-10,12-15H2,1-2H3. The van der Waals surface area contributed by atoms with E-state index in [1.807, 2.05) is 43.0 Å². The number of nitro benzene ring substituents is 1. The number of aromatic nitrogens is 1. The summed E-state index contributed by atoms with van der Waals surface area (Å²) in [5.74, 6) is 0.724. The highest BCUT2D eigenvalue weighted by Crippen LogP contribution is 2.39. The maximum Gasteiger partial charge on any atom is 0.269 e. The molecule has 5 rings (SSSR count). The minimum absolute atomic E-state index is 0.0119. The van der Waals surface area contributed by atoms with Crippen LogP contribution in [0, 0.1) is 16.0 Å². The lowest BCUT2D eigenvalue weighted by Crippen LogP contribution is -2.62. The van der Waals surface area contributed by atoms with Crippen molar-refractivity contribution in [2.75, 3.05) is 42.5 Å². The number of nitro groups is 1. The third kappa shape index (κ3) is 4.13. The molecule has 1 aromatic heterocycles. The van der Waals surface area contributed by atoms with E-state index < -0.39 is 0 Å². The minimum atomic E-state index is -0.368. The van der Waals surface area contributed by atoms with Crippen LogP contribution in [-0.2, 0) is 16.0 Å². The van der Waals surface area contributed by atoms with Crippen molar-refractivity contribution in [3.8, 4) is 0 Å². The second-order valence-electron chi connectivity index (χ2n) is 9.28. The largest absolute Gasteiger partial charge is 0.372 e. The summed E-state index contributed by atoms with van der Waals surface area (Å²) in [6.45, 7) is 7.30. The Morgan fingerprint density at radius 1 is 1.12 bits per heavy atom. The number of carbonyl (C=O) groups is 1. The molecule has 174 valence electrons. The Morgan fingerprint density at radius 3 is 2.61 bits per heavy atom. The van der Waals surface area contributed by atoms with Gasteiger partial charge < -0.3 is 19.4 Å². The number of benzene rings is 1. The lowest BCUT2D eigenvalue weighted by molar-refractivity contribution is -0.384. The molecule has 2 fully saturated rings. The molecule has 1 amide bonds. The average Bonchev–Trinajstić information content (AvgIpc) is 2.82. The van der Waals surface area contributed by atoms with Gasteiger partial charge in [-0.05, 0) is 44.0 Å². The molecule has 2 aromatic rings. The molecule has 0 bridgehead atoms. The van der Waals surface area contributed by atoms with Crippen LogP contribution in [0.1, 0.15) is 19.4 Å². The molecule has 0 radical (unpaired) electrons. The highest BCUT2D eigenvalue weighted by molar-refractivity contribution is 5.83. The number of amides is 1. The van der Waals surface area contributed by atoms with Gasteiger partial charge in [-0.3, -0.25) is 14.9 Å². The van der Waals surface area contributed by atoms with Gasteiger partial charge in [-0.25, -0.2) is 4.98 Å². The fourth-order valence-corrected chi connectivity index (χ4v) is 5.55. The van der Waals surface area contributed by atoms with Gasteiger partial charge in [0.25, 0.3) is 5.69 Å². The Morgan fingerprint density at radius 2 is 1.91 bits per heavy atom. The highest BCUT2D eigenvalue weighted by Gasteiger charge is 2.44. The topological polar surface area (TPSA) is 92.0 Å². The van der Waals surface area contributed by atoms with Gasteiger partial charge in [0.15, 0.2) is 0 Å². The highest BCUT2D eigenvalue weighted by atomic mass is 16.6. The fraction of sp³-hybridized carbons (Fsp3) is 0.500. The van der Waals surface area contributed by atoms with Crippen LogP contribution in [0.4, 0.5) is 17.2 Å². The maximum atomic E-state index is 13.8. The number of anilines is 2. The van der Waals surface area contributed by atoms with E-state index in [0.29, 0.717) is 26.1 Å². The number of hydrogen-bond donors (Lipinski definition) is 0. The quantitative estimate of drug-likeness (QED) is 0.523. The zero-order valence-electron chi connectivity index (χ0n) is 19.0. The number of carbonyl (C=O) groups excluding carboxylic acids is 1. The van der Waals surface area contributed by atoms with Crippen LogP contribution in [-0.4, -0.2) is 71.7 Å². The molecule has 0 aliphatic carbocycles. The first-order valence-corrected chi connectivity index (χ1v) is 11.5. The molecular weight excluding hydrogens is 422 g/mol. The van der Waals surface area contributed by atoms with E-state index in [9.17, 15) is 14.9 Å². The summed E-state index contributed by atoms with van der Waals surface area (Å²) in [5, 5.41) is 11.4. The molecule has 0 N–H and O–H groups in total. The van der Waals surface area contributed by atoms with Crippen LogP contribution in [0.2, 0.25) is 0 Å². The van der Waals surface area contributed by atoms with Crippen molar-refractivity contribution in [3.05, 3.63) is 58.3 Å². The number of rotatable bonds is 3. The van der Waals surface area contributed by atoms with E-state index in [4.69, 9.17) is 4.74 Å². The van der Waals surface area contributed by atoms with Gasteiger partial charge in [0.2, 0.25) is 5.91 Å². The van der Waals surface area contributed by atoms with Crippen LogP contribution in [0.5, 0.6) is 0 Å².